The van der Waals surface area contributed by atoms with Gasteiger partial charge < -0.3 is 5.32 Å². The van der Waals surface area contributed by atoms with E-state index < -0.39 is 5.82 Å². The summed E-state index contributed by atoms with van der Waals surface area (Å²) in [5.74, 6) is -0.792. The number of nitrogens with zero attached hydrogens (tertiary/aromatic N) is 2. The van der Waals surface area contributed by atoms with Gasteiger partial charge in [-0.1, -0.05) is 23.7 Å². The second kappa shape index (κ2) is 5.99. The largest absolute Gasteiger partial charge is 0.322 e. The van der Waals surface area contributed by atoms with Crippen LogP contribution in [0.25, 0.3) is 11.7 Å². The monoisotopic (exact) mass is 315 g/mol. The fraction of sp³-hybridized carbons (Fsp3) is 0. The van der Waals surface area contributed by atoms with Crippen LogP contribution in [0.2, 0.25) is 5.15 Å². The zero-order valence-electron chi connectivity index (χ0n) is 11.3. The van der Waals surface area contributed by atoms with Crippen molar-refractivity contribution in [1.29, 1.82) is 0 Å². The predicted octanol–water partition coefficient (Wildman–Crippen LogP) is 3.78. The van der Waals surface area contributed by atoms with E-state index in [-0.39, 0.29) is 5.91 Å². The fourth-order valence-corrected chi connectivity index (χ4v) is 2.28. The molecule has 2 aromatic heterocycles. The van der Waals surface area contributed by atoms with Gasteiger partial charge in [0.25, 0.3) is 0 Å². The van der Waals surface area contributed by atoms with Crippen molar-refractivity contribution in [3.63, 3.8) is 0 Å². The van der Waals surface area contributed by atoms with Crippen molar-refractivity contribution in [2.45, 2.75) is 0 Å². The second-order valence-electron chi connectivity index (χ2n) is 4.55. The van der Waals surface area contributed by atoms with E-state index in [2.05, 4.69) is 10.3 Å². The van der Waals surface area contributed by atoms with Crippen LogP contribution < -0.4 is 5.32 Å². The first-order chi connectivity index (χ1) is 10.6. The van der Waals surface area contributed by atoms with Crippen molar-refractivity contribution in [1.82, 2.24) is 9.38 Å². The zero-order chi connectivity index (χ0) is 15.5. The Hall–Kier alpha value is -2.66. The fourth-order valence-electron chi connectivity index (χ4n) is 2.04. The summed E-state index contributed by atoms with van der Waals surface area (Å²) in [6.45, 7) is 0. The smallest absolute Gasteiger partial charge is 0.248 e. The molecule has 1 amide bonds. The van der Waals surface area contributed by atoms with Gasteiger partial charge in [-0.15, -0.1) is 0 Å². The number of fused-ring (bicyclic) bond motifs is 1. The van der Waals surface area contributed by atoms with E-state index in [0.29, 0.717) is 22.2 Å². The molecule has 0 aliphatic carbocycles. The van der Waals surface area contributed by atoms with E-state index >= 15 is 0 Å². The summed E-state index contributed by atoms with van der Waals surface area (Å²) in [5, 5.41) is 2.88. The number of carbonyl (C=O) groups excluding carboxylic acids is 1. The summed E-state index contributed by atoms with van der Waals surface area (Å²) in [7, 11) is 0. The van der Waals surface area contributed by atoms with Crippen LogP contribution in [-0.2, 0) is 4.79 Å². The minimum atomic E-state index is -0.411. The number of rotatable bonds is 3. The molecule has 3 rings (SSSR count). The predicted molar refractivity (Wildman–Crippen MR) is 84.3 cm³/mol. The Balaban J connectivity index is 1.81. The Morgan fingerprint density at radius 2 is 2.14 bits per heavy atom. The molecule has 1 aromatic carbocycles. The number of halogens is 2. The average molecular weight is 316 g/mol. The molecule has 3 aromatic rings. The molecule has 4 nitrogen and oxygen atoms in total. The van der Waals surface area contributed by atoms with Crippen molar-refractivity contribution in [2.75, 3.05) is 5.32 Å². The number of anilines is 1. The molecule has 6 heteroatoms. The first-order valence-corrected chi connectivity index (χ1v) is 6.88. The summed E-state index contributed by atoms with van der Waals surface area (Å²) in [6.07, 6.45) is 4.70. The molecule has 0 saturated heterocycles. The molecule has 22 heavy (non-hydrogen) atoms. The lowest BCUT2D eigenvalue weighted by Gasteiger charge is -2.01. The molecule has 110 valence electrons. The first kappa shape index (κ1) is 14.3. The molecule has 0 spiro atoms. The second-order valence-corrected chi connectivity index (χ2v) is 4.91. The van der Waals surface area contributed by atoms with Crippen LogP contribution in [0.15, 0.2) is 54.7 Å². The molecule has 2 heterocycles. The van der Waals surface area contributed by atoms with Crippen molar-refractivity contribution in [3.05, 3.63) is 71.4 Å². The van der Waals surface area contributed by atoms with E-state index in [1.165, 1.54) is 24.3 Å². The van der Waals surface area contributed by atoms with Gasteiger partial charge in [-0.3, -0.25) is 9.20 Å². The Kier molecular flexibility index (Phi) is 3.89. The highest BCUT2D eigenvalue weighted by molar-refractivity contribution is 6.31. The highest BCUT2D eigenvalue weighted by Gasteiger charge is 2.07. The highest BCUT2D eigenvalue weighted by atomic mass is 35.5. The third-order valence-electron chi connectivity index (χ3n) is 3.01. The lowest BCUT2D eigenvalue weighted by Crippen LogP contribution is -2.07. The average Bonchev–Trinajstić information content (AvgIpc) is 2.80. The van der Waals surface area contributed by atoms with Crippen LogP contribution in [0.1, 0.15) is 5.69 Å². The van der Waals surface area contributed by atoms with E-state index in [1.54, 1.807) is 22.7 Å². The van der Waals surface area contributed by atoms with Crippen LogP contribution in [0, 0.1) is 5.82 Å². The van der Waals surface area contributed by atoms with Crippen LogP contribution in [0.4, 0.5) is 10.1 Å². The van der Waals surface area contributed by atoms with Gasteiger partial charge in [0.05, 0.1) is 5.69 Å². The van der Waals surface area contributed by atoms with Gasteiger partial charge in [-0.25, -0.2) is 9.37 Å². The van der Waals surface area contributed by atoms with E-state index in [9.17, 15) is 9.18 Å². The summed E-state index contributed by atoms with van der Waals surface area (Å²) in [4.78, 5) is 16.1. The topological polar surface area (TPSA) is 46.4 Å². The van der Waals surface area contributed by atoms with E-state index in [4.69, 9.17) is 11.6 Å². The molecule has 0 saturated carbocycles. The number of pyridine rings is 1. The van der Waals surface area contributed by atoms with Gasteiger partial charge in [-0.05, 0) is 36.4 Å². The molecule has 0 fully saturated rings. The maximum Gasteiger partial charge on any atom is 0.248 e. The van der Waals surface area contributed by atoms with Gasteiger partial charge in [0.15, 0.2) is 5.15 Å². The lowest BCUT2D eigenvalue weighted by molar-refractivity contribution is -0.111. The molecular weight excluding hydrogens is 305 g/mol. The minimum Gasteiger partial charge on any atom is -0.322 e. The Labute approximate surface area is 130 Å². The van der Waals surface area contributed by atoms with E-state index in [1.807, 2.05) is 18.2 Å². The summed E-state index contributed by atoms with van der Waals surface area (Å²) >= 11 is 6.07. The molecular formula is C16H11ClFN3O. The number of amides is 1. The van der Waals surface area contributed by atoms with E-state index in [0.717, 1.165) is 0 Å². The Bertz CT molecular complexity index is 873. The SMILES string of the molecule is O=C(C=Cc1c(Cl)nc2ccccn12)Nc1cccc(F)c1. The van der Waals surface area contributed by atoms with Gasteiger partial charge in [0.1, 0.15) is 11.5 Å². The lowest BCUT2D eigenvalue weighted by atomic mass is 10.3. The third kappa shape index (κ3) is 2.99. The minimum absolute atomic E-state index is 0.306. The molecule has 0 aliphatic rings. The number of hydrogen-bond acceptors (Lipinski definition) is 2. The summed E-state index contributed by atoms with van der Waals surface area (Å²) < 4.78 is 14.8. The summed E-state index contributed by atoms with van der Waals surface area (Å²) in [5.41, 5.74) is 1.68. The van der Waals surface area contributed by atoms with Crippen molar-refractivity contribution < 1.29 is 9.18 Å². The number of imidazole rings is 1. The maximum absolute atomic E-state index is 13.1. The first-order valence-electron chi connectivity index (χ1n) is 6.51. The Morgan fingerprint density at radius 3 is 2.95 bits per heavy atom. The molecule has 0 aliphatic heterocycles. The van der Waals surface area contributed by atoms with Crippen LogP contribution in [-0.4, -0.2) is 15.3 Å². The van der Waals surface area contributed by atoms with Crippen LogP contribution in [0.3, 0.4) is 0 Å². The van der Waals surface area contributed by atoms with Gasteiger partial charge in [-0.2, -0.15) is 0 Å². The number of benzene rings is 1. The zero-order valence-corrected chi connectivity index (χ0v) is 12.1. The van der Waals surface area contributed by atoms with Gasteiger partial charge >= 0.3 is 0 Å². The number of aromatic nitrogens is 2. The van der Waals surface area contributed by atoms with Crippen molar-refractivity contribution in [2.24, 2.45) is 0 Å². The third-order valence-corrected chi connectivity index (χ3v) is 3.28. The van der Waals surface area contributed by atoms with Gasteiger partial charge in [0.2, 0.25) is 5.91 Å². The molecule has 0 atom stereocenters. The number of nitrogens with one attached hydrogen (secondary N) is 1. The van der Waals surface area contributed by atoms with Gasteiger partial charge in [0, 0.05) is 18.0 Å². The van der Waals surface area contributed by atoms with Crippen molar-refractivity contribution in [3.8, 4) is 0 Å². The Morgan fingerprint density at radius 1 is 1.27 bits per heavy atom. The molecule has 1 N–H and O–H groups in total. The van der Waals surface area contributed by atoms with Crippen LogP contribution >= 0.6 is 11.6 Å². The number of carbonyl (C=O) groups is 1. The molecule has 0 radical (unpaired) electrons. The standard InChI is InChI=1S/C16H11ClFN3O/c17-16-13(21-9-2-1-6-14(21)20-16)7-8-15(22)19-12-5-3-4-11(18)10-12/h1-10H,(H,19,22). The molecule has 0 unspecified atom stereocenters. The quantitative estimate of drug-likeness (QED) is 0.748. The van der Waals surface area contributed by atoms with Crippen LogP contribution in [0.5, 0.6) is 0 Å². The summed E-state index contributed by atoms with van der Waals surface area (Å²) in [6, 6.07) is 11.2. The number of hydrogen-bond donors (Lipinski definition) is 1. The maximum atomic E-state index is 13.1. The molecule has 0 bridgehead atoms. The normalized spacial score (nSPS) is 11.2. The van der Waals surface area contributed by atoms with Crippen molar-refractivity contribution >= 4 is 34.9 Å². The highest BCUT2D eigenvalue weighted by Crippen LogP contribution is 2.19.